The summed E-state index contributed by atoms with van der Waals surface area (Å²) >= 11 is 0. The molecule has 3 heterocycles. The highest BCUT2D eigenvalue weighted by Gasteiger charge is 2.40. The quantitative estimate of drug-likeness (QED) is 0.786. The van der Waals surface area contributed by atoms with E-state index in [1.807, 2.05) is 12.3 Å². The monoisotopic (exact) mass is 218 g/mol. The summed E-state index contributed by atoms with van der Waals surface area (Å²) in [4.78, 5) is 6.51. The second kappa shape index (κ2) is 3.74. The van der Waals surface area contributed by atoms with Gasteiger partial charge in [0.15, 0.2) is 0 Å². The van der Waals surface area contributed by atoms with Crippen molar-refractivity contribution in [3.05, 3.63) is 23.9 Å². The second-order valence-corrected chi connectivity index (χ2v) is 5.13. The number of pyridine rings is 1. The minimum absolute atomic E-state index is 0.118. The highest BCUT2D eigenvalue weighted by molar-refractivity contribution is 5.22. The minimum atomic E-state index is 0.118. The molecule has 1 atom stereocenters. The average molecular weight is 218 g/mol. The van der Waals surface area contributed by atoms with Gasteiger partial charge in [0.25, 0.3) is 0 Å². The molecule has 3 fully saturated rings. The van der Waals surface area contributed by atoms with Crippen molar-refractivity contribution in [2.75, 3.05) is 7.05 Å². The Morgan fingerprint density at radius 1 is 1.25 bits per heavy atom. The van der Waals surface area contributed by atoms with E-state index in [0.717, 1.165) is 12.0 Å². The van der Waals surface area contributed by atoms with Crippen molar-refractivity contribution in [1.29, 1.82) is 0 Å². The number of rotatable bonds is 1. The van der Waals surface area contributed by atoms with Gasteiger partial charge in [0.2, 0.25) is 5.88 Å². The Morgan fingerprint density at radius 3 is 2.56 bits per heavy atom. The molecule has 16 heavy (non-hydrogen) atoms. The van der Waals surface area contributed by atoms with Crippen LogP contribution in [0, 0.1) is 5.92 Å². The third-order valence-corrected chi connectivity index (χ3v) is 4.31. The lowest BCUT2D eigenvalue weighted by molar-refractivity contribution is 0.00711. The van der Waals surface area contributed by atoms with Gasteiger partial charge in [-0.2, -0.15) is 0 Å². The van der Waals surface area contributed by atoms with Gasteiger partial charge in [-0.25, -0.2) is 4.98 Å². The molecule has 0 aromatic carbocycles. The molecule has 1 aromatic heterocycles. The maximum Gasteiger partial charge on any atom is 0.210 e. The predicted octanol–water partition coefficient (Wildman–Crippen LogP) is 2.33. The van der Waals surface area contributed by atoms with Crippen molar-refractivity contribution in [2.24, 2.45) is 5.92 Å². The Hall–Kier alpha value is -1.09. The Morgan fingerprint density at radius 2 is 2.00 bits per heavy atom. The van der Waals surface area contributed by atoms with E-state index in [9.17, 15) is 5.11 Å². The zero-order chi connectivity index (χ0) is 11.1. The van der Waals surface area contributed by atoms with E-state index >= 15 is 0 Å². The highest BCUT2D eigenvalue weighted by atomic mass is 16.3. The molecule has 1 aromatic rings. The molecule has 1 unspecified atom stereocenters. The van der Waals surface area contributed by atoms with Gasteiger partial charge in [-0.05, 0) is 44.2 Å². The molecule has 3 nitrogen and oxygen atoms in total. The van der Waals surface area contributed by atoms with Gasteiger partial charge in [0.1, 0.15) is 0 Å². The van der Waals surface area contributed by atoms with Crippen LogP contribution in [0.5, 0.6) is 5.88 Å². The molecule has 0 radical (unpaired) electrons. The summed E-state index contributed by atoms with van der Waals surface area (Å²) in [5.41, 5.74) is 1.26. The van der Waals surface area contributed by atoms with E-state index < -0.39 is 0 Å². The number of piperidine rings is 2. The first-order chi connectivity index (χ1) is 7.75. The Balaban J connectivity index is 1.91. The largest absolute Gasteiger partial charge is 0.493 e. The van der Waals surface area contributed by atoms with Crippen LogP contribution in [0.4, 0.5) is 0 Å². The number of aromatic nitrogens is 1. The molecule has 2 aliphatic heterocycles. The Kier molecular flexibility index (Phi) is 2.36. The maximum atomic E-state index is 9.23. The first kappa shape index (κ1) is 10.1. The highest BCUT2D eigenvalue weighted by Crippen LogP contribution is 2.46. The van der Waals surface area contributed by atoms with E-state index in [2.05, 4.69) is 16.9 Å². The Labute approximate surface area is 96.1 Å². The van der Waals surface area contributed by atoms with Crippen LogP contribution >= 0.6 is 0 Å². The van der Waals surface area contributed by atoms with E-state index in [0.29, 0.717) is 6.04 Å². The molecule has 3 aliphatic rings. The zero-order valence-electron chi connectivity index (χ0n) is 9.63. The standard InChI is InChI=1S/C13H18N2O/c1-15-11-5-2-9(3-6-11)13(15)10-4-7-12(16)14-8-10/h4,7-9,11,13H,2-3,5-6H2,1H3,(H,14,16). The van der Waals surface area contributed by atoms with Crippen LogP contribution in [-0.4, -0.2) is 28.1 Å². The molecule has 3 heteroatoms. The van der Waals surface area contributed by atoms with Crippen molar-refractivity contribution in [2.45, 2.75) is 37.8 Å². The van der Waals surface area contributed by atoms with Crippen LogP contribution in [-0.2, 0) is 0 Å². The number of fused-ring (bicyclic) bond motifs is 3. The van der Waals surface area contributed by atoms with Crippen LogP contribution < -0.4 is 0 Å². The normalized spacial score (nSPS) is 34.2. The summed E-state index contributed by atoms with van der Waals surface area (Å²) in [5.74, 6) is 0.897. The lowest BCUT2D eigenvalue weighted by Crippen LogP contribution is -2.47. The van der Waals surface area contributed by atoms with Gasteiger partial charge in [0.05, 0.1) is 0 Å². The van der Waals surface area contributed by atoms with Crippen LogP contribution in [0.25, 0.3) is 0 Å². The maximum absolute atomic E-state index is 9.23. The molecular weight excluding hydrogens is 200 g/mol. The third kappa shape index (κ3) is 1.50. The third-order valence-electron chi connectivity index (χ3n) is 4.31. The molecule has 1 aliphatic carbocycles. The lowest BCUT2D eigenvalue weighted by Gasteiger charge is -2.50. The molecule has 4 rings (SSSR count). The number of hydrogen-bond acceptors (Lipinski definition) is 3. The second-order valence-electron chi connectivity index (χ2n) is 5.13. The van der Waals surface area contributed by atoms with Gasteiger partial charge in [-0.15, -0.1) is 0 Å². The van der Waals surface area contributed by atoms with Gasteiger partial charge >= 0.3 is 0 Å². The number of hydrogen-bond donors (Lipinski definition) is 1. The Bertz CT molecular complexity index is 366. The lowest BCUT2D eigenvalue weighted by atomic mass is 9.73. The fourth-order valence-corrected chi connectivity index (χ4v) is 3.46. The van der Waals surface area contributed by atoms with Crippen molar-refractivity contribution in [3.8, 4) is 5.88 Å². The van der Waals surface area contributed by atoms with E-state index in [1.54, 1.807) is 6.07 Å². The molecule has 2 bridgehead atoms. The van der Waals surface area contributed by atoms with Gasteiger partial charge in [-0.3, -0.25) is 4.90 Å². The summed E-state index contributed by atoms with van der Waals surface area (Å²) in [5, 5.41) is 9.23. The van der Waals surface area contributed by atoms with Crippen molar-refractivity contribution in [1.82, 2.24) is 9.88 Å². The fraction of sp³-hybridized carbons (Fsp3) is 0.615. The topological polar surface area (TPSA) is 36.4 Å². The molecule has 1 N–H and O–H groups in total. The van der Waals surface area contributed by atoms with Crippen LogP contribution in [0.1, 0.15) is 37.3 Å². The minimum Gasteiger partial charge on any atom is -0.493 e. The van der Waals surface area contributed by atoms with Crippen molar-refractivity contribution >= 4 is 0 Å². The van der Waals surface area contributed by atoms with E-state index in [4.69, 9.17) is 0 Å². The number of nitrogens with zero attached hydrogens (tertiary/aromatic N) is 2. The first-order valence-corrected chi connectivity index (χ1v) is 6.12. The van der Waals surface area contributed by atoms with Crippen LogP contribution in [0.3, 0.4) is 0 Å². The molecule has 0 amide bonds. The summed E-state index contributed by atoms with van der Waals surface area (Å²) in [6, 6.07) is 4.99. The van der Waals surface area contributed by atoms with Crippen molar-refractivity contribution < 1.29 is 5.11 Å². The fourth-order valence-electron chi connectivity index (χ4n) is 3.46. The van der Waals surface area contributed by atoms with E-state index in [-0.39, 0.29) is 5.88 Å². The predicted molar refractivity (Wildman–Crippen MR) is 62.2 cm³/mol. The smallest absolute Gasteiger partial charge is 0.210 e. The van der Waals surface area contributed by atoms with Crippen molar-refractivity contribution in [3.63, 3.8) is 0 Å². The summed E-state index contributed by atoms with van der Waals surface area (Å²) in [6.45, 7) is 0. The first-order valence-electron chi connectivity index (χ1n) is 6.12. The SMILES string of the molecule is CN1C2CCC(CC2)C1c1ccc(O)nc1. The van der Waals surface area contributed by atoms with Gasteiger partial charge in [0, 0.05) is 24.3 Å². The zero-order valence-corrected chi connectivity index (χ0v) is 9.63. The van der Waals surface area contributed by atoms with E-state index in [1.165, 1.54) is 31.2 Å². The average Bonchev–Trinajstić information content (AvgIpc) is 2.32. The van der Waals surface area contributed by atoms with Gasteiger partial charge < -0.3 is 5.11 Å². The molecule has 2 saturated heterocycles. The summed E-state index contributed by atoms with van der Waals surface area (Å²) < 4.78 is 0. The van der Waals surface area contributed by atoms with Crippen LogP contribution in [0.2, 0.25) is 0 Å². The molecular formula is C13H18N2O. The number of aromatic hydroxyl groups is 1. The summed E-state index contributed by atoms with van der Waals surface area (Å²) in [7, 11) is 2.23. The molecule has 1 saturated carbocycles. The van der Waals surface area contributed by atoms with Gasteiger partial charge in [-0.1, -0.05) is 6.07 Å². The summed E-state index contributed by atoms with van der Waals surface area (Å²) in [6.07, 6.45) is 7.23. The molecule has 0 spiro atoms. The van der Waals surface area contributed by atoms with Crippen LogP contribution in [0.15, 0.2) is 18.3 Å². The molecule has 86 valence electrons.